The molecule has 0 atom stereocenters. The summed E-state index contributed by atoms with van der Waals surface area (Å²) in [7, 11) is 0. The van der Waals surface area contributed by atoms with Crippen LogP contribution in [-0.2, 0) is 6.42 Å². The van der Waals surface area contributed by atoms with Crippen LogP contribution in [0.25, 0.3) is 0 Å². The number of carbonyl (C=O) groups is 1. The van der Waals surface area contributed by atoms with Crippen molar-refractivity contribution in [2.45, 2.75) is 13.3 Å². The highest BCUT2D eigenvalue weighted by Gasteiger charge is 2.29. The van der Waals surface area contributed by atoms with Crippen LogP contribution in [0.15, 0.2) is 5.38 Å². The van der Waals surface area contributed by atoms with Gasteiger partial charge in [0.15, 0.2) is 29.1 Å². The van der Waals surface area contributed by atoms with Crippen molar-refractivity contribution in [2.24, 2.45) is 0 Å². The molecule has 2 rings (SSSR count). The van der Waals surface area contributed by atoms with Gasteiger partial charge in [0.25, 0.3) is 0 Å². The number of hydrogen-bond donors (Lipinski definition) is 0. The van der Waals surface area contributed by atoms with Crippen LogP contribution in [0.3, 0.4) is 0 Å². The molecule has 0 radical (unpaired) electrons. The summed E-state index contributed by atoms with van der Waals surface area (Å²) in [6, 6.07) is 0. The van der Waals surface area contributed by atoms with Crippen LogP contribution < -0.4 is 0 Å². The van der Waals surface area contributed by atoms with Gasteiger partial charge in [-0.2, -0.15) is 0 Å². The van der Waals surface area contributed by atoms with Crippen molar-refractivity contribution >= 4 is 17.1 Å². The Morgan fingerprint density at radius 2 is 1.55 bits per heavy atom. The molecule has 1 aromatic carbocycles. The molecule has 2 aromatic rings. The summed E-state index contributed by atoms with van der Waals surface area (Å²) in [5, 5.41) is 1.83. The van der Waals surface area contributed by atoms with Crippen LogP contribution in [0.5, 0.6) is 0 Å². The third-order valence-electron chi connectivity index (χ3n) is 2.47. The first-order chi connectivity index (χ1) is 9.32. The molecule has 0 N–H and O–H groups in total. The molecule has 8 heteroatoms. The van der Waals surface area contributed by atoms with Crippen LogP contribution in [0.2, 0.25) is 0 Å². The first kappa shape index (κ1) is 14.6. The van der Waals surface area contributed by atoms with Gasteiger partial charge in [-0.3, -0.25) is 4.79 Å². The molecule has 0 spiro atoms. The van der Waals surface area contributed by atoms with Crippen molar-refractivity contribution in [3.05, 3.63) is 50.7 Å². The molecule has 0 amide bonds. The number of ketones is 1. The van der Waals surface area contributed by atoms with Crippen molar-refractivity contribution in [2.75, 3.05) is 0 Å². The van der Waals surface area contributed by atoms with Gasteiger partial charge < -0.3 is 0 Å². The monoisotopic (exact) mass is 307 g/mol. The second-order valence-corrected chi connectivity index (χ2v) is 4.87. The molecule has 20 heavy (non-hydrogen) atoms. The molecule has 1 aromatic heterocycles. The molecule has 0 unspecified atom stereocenters. The Morgan fingerprint density at radius 3 is 2.00 bits per heavy atom. The molecule has 0 fully saturated rings. The molecule has 0 aliphatic heterocycles. The minimum Gasteiger partial charge on any atom is -0.293 e. The Hall–Kier alpha value is -1.83. The number of thiazole rings is 1. The van der Waals surface area contributed by atoms with Gasteiger partial charge in [-0.05, 0) is 6.92 Å². The second-order valence-electron chi connectivity index (χ2n) is 3.93. The lowest BCUT2D eigenvalue weighted by atomic mass is 10.1. The third-order valence-corrected chi connectivity index (χ3v) is 3.43. The van der Waals surface area contributed by atoms with E-state index in [0.29, 0.717) is 5.69 Å². The number of hydrogen-bond acceptors (Lipinski definition) is 3. The number of Topliss-reactive ketones (excluding diaryl/α,β-unsaturated/α-hetero) is 1. The minimum atomic E-state index is -2.29. The van der Waals surface area contributed by atoms with Gasteiger partial charge in [0.2, 0.25) is 5.82 Å². The predicted molar refractivity (Wildman–Crippen MR) is 61.1 cm³/mol. The first-order valence-corrected chi connectivity index (χ1v) is 6.16. The Balaban J connectivity index is 2.45. The fraction of sp³-hybridized carbons (Fsp3) is 0.167. The number of carbonyl (C=O) groups excluding carboxylic acids is 1. The summed E-state index contributed by atoms with van der Waals surface area (Å²) in [6.45, 7) is 1.64. The number of nitrogens with zero attached hydrogens (tertiary/aromatic N) is 1. The predicted octanol–water partition coefficient (Wildman–Crippen LogP) is 3.57. The number of aromatic nitrogens is 1. The summed E-state index contributed by atoms with van der Waals surface area (Å²) in [5.41, 5.74) is -0.843. The van der Waals surface area contributed by atoms with E-state index in [-0.39, 0.29) is 5.01 Å². The van der Waals surface area contributed by atoms with Crippen molar-refractivity contribution < 1.29 is 26.7 Å². The van der Waals surface area contributed by atoms with Crippen molar-refractivity contribution in [1.29, 1.82) is 0 Å². The minimum absolute atomic E-state index is 0.233. The molecule has 0 saturated carbocycles. The summed E-state index contributed by atoms with van der Waals surface area (Å²) >= 11 is 1.06. The fourth-order valence-electron chi connectivity index (χ4n) is 1.56. The standard InChI is InChI=1S/C12H6F5NOS/c1-4-3-20-6(18-4)2-5(19)7-8(13)10(15)12(17)11(16)9(7)14/h3H,2H2,1H3. The molecule has 1 heterocycles. The summed E-state index contributed by atoms with van der Waals surface area (Å²) < 4.78 is 65.6. The van der Waals surface area contributed by atoms with E-state index >= 15 is 0 Å². The van der Waals surface area contributed by atoms with Gasteiger partial charge in [0.05, 0.1) is 12.0 Å². The molecule has 0 aliphatic rings. The zero-order valence-electron chi connectivity index (χ0n) is 9.94. The average Bonchev–Trinajstić information content (AvgIpc) is 2.79. The molecular weight excluding hydrogens is 301 g/mol. The SMILES string of the molecule is Cc1csc(CC(=O)c2c(F)c(F)c(F)c(F)c2F)n1. The Bertz CT molecular complexity index is 668. The third kappa shape index (κ3) is 2.43. The highest BCUT2D eigenvalue weighted by atomic mass is 32.1. The number of rotatable bonds is 3. The smallest absolute Gasteiger partial charge is 0.200 e. The van der Waals surface area contributed by atoms with E-state index in [0.717, 1.165) is 11.3 Å². The lowest BCUT2D eigenvalue weighted by Crippen LogP contribution is -2.14. The molecule has 0 bridgehead atoms. The van der Waals surface area contributed by atoms with Crippen molar-refractivity contribution in [3.8, 4) is 0 Å². The first-order valence-electron chi connectivity index (χ1n) is 5.28. The van der Waals surface area contributed by atoms with E-state index in [9.17, 15) is 26.7 Å². The van der Waals surface area contributed by atoms with Gasteiger partial charge in [-0.25, -0.2) is 26.9 Å². The molecule has 0 aliphatic carbocycles. The molecule has 106 valence electrons. The van der Waals surface area contributed by atoms with Crippen LogP contribution in [0.1, 0.15) is 21.1 Å². The molecule has 2 nitrogen and oxygen atoms in total. The average molecular weight is 307 g/mol. The normalized spacial score (nSPS) is 10.9. The maximum Gasteiger partial charge on any atom is 0.200 e. The van der Waals surface area contributed by atoms with E-state index in [1.807, 2.05) is 0 Å². The quantitative estimate of drug-likeness (QED) is 0.375. The topological polar surface area (TPSA) is 30.0 Å². The van der Waals surface area contributed by atoms with E-state index in [1.165, 1.54) is 0 Å². The maximum atomic E-state index is 13.4. The van der Waals surface area contributed by atoms with E-state index in [2.05, 4.69) is 4.98 Å². The molecular formula is C12H6F5NOS. The van der Waals surface area contributed by atoms with E-state index in [4.69, 9.17) is 0 Å². The number of benzene rings is 1. The summed E-state index contributed by atoms with van der Waals surface area (Å²) in [6.07, 6.45) is -0.531. The summed E-state index contributed by atoms with van der Waals surface area (Å²) in [4.78, 5) is 15.6. The van der Waals surface area contributed by atoms with Gasteiger partial charge >= 0.3 is 0 Å². The van der Waals surface area contributed by atoms with E-state index in [1.54, 1.807) is 12.3 Å². The number of aryl methyl sites for hydroxylation is 1. The highest BCUT2D eigenvalue weighted by Crippen LogP contribution is 2.24. The van der Waals surface area contributed by atoms with Gasteiger partial charge in [-0.15, -0.1) is 11.3 Å². The Kier molecular flexibility index (Phi) is 3.85. The zero-order valence-corrected chi connectivity index (χ0v) is 10.8. The zero-order chi connectivity index (χ0) is 15.0. The van der Waals surface area contributed by atoms with Crippen molar-refractivity contribution in [3.63, 3.8) is 0 Å². The summed E-state index contributed by atoms with van der Waals surface area (Å²) in [5.74, 6) is -12.0. The number of halogens is 5. The Labute approximate surface area is 113 Å². The van der Waals surface area contributed by atoms with Crippen LogP contribution in [-0.4, -0.2) is 10.8 Å². The van der Waals surface area contributed by atoms with Crippen LogP contribution >= 0.6 is 11.3 Å². The fourth-order valence-corrected chi connectivity index (χ4v) is 2.33. The molecule has 0 saturated heterocycles. The second kappa shape index (κ2) is 5.28. The van der Waals surface area contributed by atoms with Gasteiger partial charge in [0, 0.05) is 11.1 Å². The van der Waals surface area contributed by atoms with E-state index < -0.39 is 46.9 Å². The van der Waals surface area contributed by atoms with Crippen LogP contribution in [0.4, 0.5) is 22.0 Å². The maximum absolute atomic E-state index is 13.4. The largest absolute Gasteiger partial charge is 0.293 e. The van der Waals surface area contributed by atoms with Crippen molar-refractivity contribution in [1.82, 2.24) is 4.98 Å². The lowest BCUT2D eigenvalue weighted by molar-refractivity contribution is 0.0981. The Morgan fingerprint density at radius 1 is 1.05 bits per heavy atom. The highest BCUT2D eigenvalue weighted by molar-refractivity contribution is 7.09. The van der Waals surface area contributed by atoms with Gasteiger partial charge in [-0.1, -0.05) is 0 Å². The lowest BCUT2D eigenvalue weighted by Gasteiger charge is -2.06. The van der Waals surface area contributed by atoms with Gasteiger partial charge in [0.1, 0.15) is 5.01 Å². The van der Waals surface area contributed by atoms with Crippen LogP contribution in [0, 0.1) is 36.0 Å².